The molecular weight excluding hydrogens is 246 g/mol. The molecule has 0 radical (unpaired) electrons. The SMILES string of the molecule is NC(=O)c1ccc(COC(=O)c2cccnc2)nc1. The lowest BCUT2D eigenvalue weighted by molar-refractivity contribution is 0.0467. The minimum atomic E-state index is -0.550. The molecule has 0 aromatic carbocycles. The summed E-state index contributed by atoms with van der Waals surface area (Å²) >= 11 is 0. The second-order valence-electron chi connectivity index (χ2n) is 3.72. The topological polar surface area (TPSA) is 95.2 Å². The third-order valence-corrected chi connectivity index (χ3v) is 2.36. The van der Waals surface area contributed by atoms with Crippen molar-refractivity contribution in [2.45, 2.75) is 6.61 Å². The first kappa shape index (κ1) is 12.7. The molecule has 0 spiro atoms. The number of amides is 1. The van der Waals surface area contributed by atoms with Crippen LogP contribution < -0.4 is 5.73 Å². The molecule has 96 valence electrons. The van der Waals surface area contributed by atoms with E-state index in [1.165, 1.54) is 18.5 Å². The van der Waals surface area contributed by atoms with Gasteiger partial charge in [-0.25, -0.2) is 4.79 Å². The number of hydrogen-bond acceptors (Lipinski definition) is 5. The van der Waals surface area contributed by atoms with E-state index in [-0.39, 0.29) is 6.61 Å². The molecule has 0 fully saturated rings. The van der Waals surface area contributed by atoms with Crippen molar-refractivity contribution in [2.24, 2.45) is 5.73 Å². The number of esters is 1. The summed E-state index contributed by atoms with van der Waals surface area (Å²) in [4.78, 5) is 30.3. The molecule has 0 atom stereocenters. The van der Waals surface area contributed by atoms with Crippen LogP contribution in [0.4, 0.5) is 0 Å². The summed E-state index contributed by atoms with van der Waals surface area (Å²) in [7, 11) is 0. The van der Waals surface area contributed by atoms with E-state index in [0.717, 1.165) is 0 Å². The molecule has 2 N–H and O–H groups in total. The lowest BCUT2D eigenvalue weighted by Gasteiger charge is -2.04. The first-order valence-electron chi connectivity index (χ1n) is 5.48. The van der Waals surface area contributed by atoms with Gasteiger partial charge in [-0.15, -0.1) is 0 Å². The summed E-state index contributed by atoms with van der Waals surface area (Å²) in [5, 5.41) is 0. The molecule has 0 aliphatic heterocycles. The van der Waals surface area contributed by atoms with Crippen LogP contribution in [0, 0.1) is 0 Å². The largest absolute Gasteiger partial charge is 0.456 e. The molecule has 0 aliphatic carbocycles. The standard InChI is InChI=1S/C13H11N3O3/c14-12(17)9-3-4-11(16-7-9)8-19-13(18)10-2-1-5-15-6-10/h1-7H,8H2,(H2,14,17). The fourth-order valence-corrected chi connectivity index (χ4v) is 1.36. The Kier molecular flexibility index (Phi) is 3.82. The van der Waals surface area contributed by atoms with Gasteiger partial charge in [0, 0.05) is 18.6 Å². The maximum absolute atomic E-state index is 11.6. The number of rotatable bonds is 4. The number of primary amides is 1. The third-order valence-electron chi connectivity index (χ3n) is 2.36. The van der Waals surface area contributed by atoms with E-state index in [9.17, 15) is 9.59 Å². The second-order valence-corrected chi connectivity index (χ2v) is 3.72. The van der Waals surface area contributed by atoms with E-state index < -0.39 is 11.9 Å². The van der Waals surface area contributed by atoms with Crippen LogP contribution in [0.3, 0.4) is 0 Å². The van der Waals surface area contributed by atoms with Crippen LogP contribution in [0.25, 0.3) is 0 Å². The monoisotopic (exact) mass is 257 g/mol. The summed E-state index contributed by atoms with van der Waals surface area (Å²) < 4.78 is 5.06. The normalized spacial score (nSPS) is 9.89. The van der Waals surface area contributed by atoms with Crippen molar-refractivity contribution >= 4 is 11.9 Å². The molecule has 2 heterocycles. The molecule has 19 heavy (non-hydrogen) atoms. The van der Waals surface area contributed by atoms with E-state index in [1.807, 2.05) is 0 Å². The fraction of sp³-hybridized carbons (Fsp3) is 0.0769. The number of hydrogen-bond donors (Lipinski definition) is 1. The van der Waals surface area contributed by atoms with Crippen molar-refractivity contribution in [2.75, 3.05) is 0 Å². The summed E-state index contributed by atoms with van der Waals surface area (Å²) in [5.74, 6) is -1.03. The van der Waals surface area contributed by atoms with E-state index >= 15 is 0 Å². The Morgan fingerprint density at radius 3 is 2.58 bits per heavy atom. The maximum atomic E-state index is 11.6. The maximum Gasteiger partial charge on any atom is 0.340 e. The Labute approximate surface area is 109 Å². The van der Waals surface area contributed by atoms with Gasteiger partial charge in [0.1, 0.15) is 6.61 Å². The zero-order valence-electron chi connectivity index (χ0n) is 9.95. The van der Waals surface area contributed by atoms with Gasteiger partial charge in [-0.1, -0.05) is 0 Å². The first-order valence-corrected chi connectivity index (χ1v) is 5.48. The van der Waals surface area contributed by atoms with Crippen LogP contribution in [0.2, 0.25) is 0 Å². The highest BCUT2D eigenvalue weighted by atomic mass is 16.5. The highest BCUT2D eigenvalue weighted by Crippen LogP contribution is 2.04. The summed E-state index contributed by atoms with van der Waals surface area (Å²) in [6.07, 6.45) is 4.34. The van der Waals surface area contributed by atoms with Crippen molar-refractivity contribution in [3.05, 3.63) is 59.7 Å². The molecule has 6 heteroatoms. The Balaban J connectivity index is 1.95. The van der Waals surface area contributed by atoms with Gasteiger partial charge in [-0.2, -0.15) is 0 Å². The van der Waals surface area contributed by atoms with Gasteiger partial charge < -0.3 is 10.5 Å². The van der Waals surface area contributed by atoms with Crippen molar-refractivity contribution in [3.8, 4) is 0 Å². The highest BCUT2D eigenvalue weighted by Gasteiger charge is 2.08. The van der Waals surface area contributed by atoms with E-state index in [4.69, 9.17) is 10.5 Å². The average Bonchev–Trinajstić information content (AvgIpc) is 2.46. The third kappa shape index (κ3) is 3.35. The average molecular weight is 257 g/mol. The molecule has 0 saturated carbocycles. The lowest BCUT2D eigenvalue weighted by atomic mass is 10.2. The van der Waals surface area contributed by atoms with Crippen LogP contribution in [0.15, 0.2) is 42.9 Å². The minimum Gasteiger partial charge on any atom is -0.456 e. The smallest absolute Gasteiger partial charge is 0.340 e. The summed E-state index contributed by atoms with van der Waals surface area (Å²) in [5.41, 5.74) is 6.30. The molecule has 1 amide bonds. The lowest BCUT2D eigenvalue weighted by Crippen LogP contribution is -2.12. The number of nitrogens with two attached hydrogens (primary N) is 1. The zero-order chi connectivity index (χ0) is 13.7. The van der Waals surface area contributed by atoms with E-state index in [0.29, 0.717) is 16.8 Å². The number of nitrogens with zero attached hydrogens (tertiary/aromatic N) is 2. The number of pyridine rings is 2. The Hall–Kier alpha value is -2.76. The fourth-order valence-electron chi connectivity index (χ4n) is 1.36. The molecule has 0 aliphatic rings. The van der Waals surface area contributed by atoms with Crippen LogP contribution in [0.5, 0.6) is 0 Å². The molecular formula is C13H11N3O3. The summed E-state index contributed by atoms with van der Waals surface area (Å²) in [6.45, 7) is 0.0206. The van der Waals surface area contributed by atoms with Crippen molar-refractivity contribution in [1.29, 1.82) is 0 Å². The molecule has 0 saturated heterocycles. The Morgan fingerprint density at radius 1 is 1.16 bits per heavy atom. The minimum absolute atomic E-state index is 0.0206. The van der Waals surface area contributed by atoms with Gasteiger partial charge in [0.15, 0.2) is 0 Å². The predicted molar refractivity (Wildman–Crippen MR) is 66.1 cm³/mol. The quantitative estimate of drug-likeness (QED) is 0.822. The first-order chi connectivity index (χ1) is 9.16. The van der Waals surface area contributed by atoms with Crippen LogP contribution in [0.1, 0.15) is 26.4 Å². The van der Waals surface area contributed by atoms with E-state index in [1.54, 1.807) is 24.4 Å². The molecule has 2 aromatic heterocycles. The van der Waals surface area contributed by atoms with Crippen LogP contribution in [-0.2, 0) is 11.3 Å². The Bertz CT molecular complexity index is 582. The van der Waals surface area contributed by atoms with Gasteiger partial charge in [0.2, 0.25) is 5.91 Å². The van der Waals surface area contributed by atoms with Gasteiger partial charge in [0.25, 0.3) is 0 Å². The van der Waals surface area contributed by atoms with Gasteiger partial charge in [0.05, 0.1) is 16.8 Å². The molecule has 6 nitrogen and oxygen atoms in total. The number of carbonyl (C=O) groups is 2. The zero-order valence-corrected chi connectivity index (χ0v) is 9.95. The van der Waals surface area contributed by atoms with Gasteiger partial charge in [-0.3, -0.25) is 14.8 Å². The van der Waals surface area contributed by atoms with Crippen LogP contribution in [-0.4, -0.2) is 21.8 Å². The van der Waals surface area contributed by atoms with Crippen molar-refractivity contribution in [3.63, 3.8) is 0 Å². The highest BCUT2D eigenvalue weighted by molar-refractivity contribution is 5.92. The van der Waals surface area contributed by atoms with Crippen molar-refractivity contribution < 1.29 is 14.3 Å². The van der Waals surface area contributed by atoms with Crippen molar-refractivity contribution in [1.82, 2.24) is 9.97 Å². The van der Waals surface area contributed by atoms with Gasteiger partial charge >= 0.3 is 5.97 Å². The van der Waals surface area contributed by atoms with Crippen LogP contribution >= 0.6 is 0 Å². The second kappa shape index (κ2) is 5.72. The predicted octanol–water partition coefficient (Wildman–Crippen LogP) is 0.933. The van der Waals surface area contributed by atoms with Gasteiger partial charge in [-0.05, 0) is 24.3 Å². The molecule has 0 unspecified atom stereocenters. The molecule has 2 aromatic rings. The molecule has 0 bridgehead atoms. The molecule has 2 rings (SSSR count). The Morgan fingerprint density at radius 2 is 2.00 bits per heavy atom. The summed E-state index contributed by atoms with van der Waals surface area (Å²) in [6, 6.07) is 6.37. The number of ether oxygens (including phenoxy) is 1. The van der Waals surface area contributed by atoms with E-state index in [2.05, 4.69) is 9.97 Å². The number of carbonyl (C=O) groups excluding carboxylic acids is 2. The number of aromatic nitrogens is 2.